The van der Waals surface area contributed by atoms with Gasteiger partial charge in [-0.1, -0.05) is 31.2 Å². The fraction of sp³-hybridized carbons (Fsp3) is 0.400. The Balaban J connectivity index is 1.71. The van der Waals surface area contributed by atoms with Crippen molar-refractivity contribution >= 4 is 23.4 Å². The zero-order valence-corrected chi connectivity index (χ0v) is 19.8. The monoisotopic (exact) mass is 491 g/mol. The van der Waals surface area contributed by atoms with Crippen molar-refractivity contribution in [2.24, 2.45) is 5.92 Å². The highest BCUT2D eigenvalue weighted by Gasteiger charge is 2.37. The summed E-state index contributed by atoms with van der Waals surface area (Å²) in [7, 11) is 3.25. The topological polar surface area (TPSA) is 79.0 Å². The van der Waals surface area contributed by atoms with Gasteiger partial charge in [0.2, 0.25) is 11.8 Å². The fourth-order valence-corrected chi connectivity index (χ4v) is 3.84. The number of nitrogens with one attached hydrogen (secondary N) is 1. The lowest BCUT2D eigenvalue weighted by Crippen LogP contribution is -2.35. The molecule has 1 N–H and O–H groups in total. The van der Waals surface area contributed by atoms with Crippen molar-refractivity contribution in [1.82, 2.24) is 10.2 Å². The summed E-state index contributed by atoms with van der Waals surface area (Å²) < 4.78 is 44.9. The molecule has 1 fully saturated rings. The van der Waals surface area contributed by atoms with Gasteiger partial charge in [-0.05, 0) is 30.7 Å². The van der Waals surface area contributed by atoms with Gasteiger partial charge in [0.1, 0.15) is 5.75 Å². The van der Waals surface area contributed by atoms with Gasteiger partial charge in [-0.25, -0.2) is 0 Å². The molecule has 2 atom stereocenters. The first-order chi connectivity index (χ1) is 16.5. The van der Waals surface area contributed by atoms with E-state index in [4.69, 9.17) is 4.74 Å². The number of rotatable bonds is 8. The summed E-state index contributed by atoms with van der Waals surface area (Å²) in [5.41, 5.74) is -0.0588. The highest BCUT2D eigenvalue weighted by atomic mass is 19.4. The van der Waals surface area contributed by atoms with E-state index in [-0.39, 0.29) is 37.1 Å². The first-order valence-electron chi connectivity index (χ1n) is 11.2. The molecule has 0 aromatic heterocycles. The highest BCUT2D eigenvalue weighted by Crippen LogP contribution is 2.34. The molecule has 0 aliphatic carbocycles. The molecule has 7 nitrogen and oxygen atoms in total. The molecule has 0 saturated carbocycles. The van der Waals surface area contributed by atoms with Crippen LogP contribution < -0.4 is 15.0 Å². The summed E-state index contributed by atoms with van der Waals surface area (Å²) in [6, 6.07) is 11.1. The van der Waals surface area contributed by atoms with Crippen LogP contribution in [0.1, 0.15) is 36.9 Å². The Labute approximate surface area is 201 Å². The zero-order valence-electron chi connectivity index (χ0n) is 19.8. The Bertz CT molecular complexity index is 1090. The van der Waals surface area contributed by atoms with Crippen molar-refractivity contribution in [3.05, 3.63) is 59.7 Å². The summed E-state index contributed by atoms with van der Waals surface area (Å²) in [4.78, 5) is 40.1. The van der Waals surface area contributed by atoms with E-state index >= 15 is 0 Å². The standard InChI is InChI=1S/C25H28F3N3O4/c1-4-20(19-10-5-6-11-21(19)35-15-23(33)30(2)3)29-24(34)16-12-22(32)31(14-16)18-9-7-8-17(13-18)25(26,27)28/h5-11,13,16,20H,4,12,14-15H2,1-3H3,(H,29,34). The number of alkyl halides is 3. The van der Waals surface area contributed by atoms with Gasteiger partial charge in [-0.2, -0.15) is 13.2 Å². The maximum Gasteiger partial charge on any atom is 0.416 e. The SMILES string of the molecule is CCC(NC(=O)C1CC(=O)N(c2cccc(C(F)(F)F)c2)C1)c1ccccc1OCC(=O)N(C)C. The number of amides is 3. The molecule has 10 heteroatoms. The van der Waals surface area contributed by atoms with Crippen molar-refractivity contribution in [2.45, 2.75) is 32.0 Å². The van der Waals surface area contributed by atoms with Gasteiger partial charge < -0.3 is 19.9 Å². The lowest BCUT2D eigenvalue weighted by Gasteiger charge is -2.23. The largest absolute Gasteiger partial charge is 0.483 e. The lowest BCUT2D eigenvalue weighted by atomic mass is 10.0. The Kier molecular flexibility index (Phi) is 8.03. The minimum atomic E-state index is -4.53. The average molecular weight is 492 g/mol. The molecule has 1 aliphatic rings. The third kappa shape index (κ3) is 6.32. The summed E-state index contributed by atoms with van der Waals surface area (Å²) in [6.45, 7) is 1.71. The number of hydrogen-bond acceptors (Lipinski definition) is 4. The minimum Gasteiger partial charge on any atom is -0.483 e. The van der Waals surface area contributed by atoms with Crippen LogP contribution in [0.25, 0.3) is 0 Å². The first-order valence-corrected chi connectivity index (χ1v) is 11.2. The number of anilines is 1. The summed E-state index contributed by atoms with van der Waals surface area (Å²) in [5, 5.41) is 2.93. The van der Waals surface area contributed by atoms with Crippen molar-refractivity contribution in [1.29, 1.82) is 0 Å². The Morgan fingerprint density at radius 3 is 2.54 bits per heavy atom. The van der Waals surface area contributed by atoms with Crippen LogP contribution in [0.15, 0.2) is 48.5 Å². The van der Waals surface area contributed by atoms with Crippen LogP contribution in [0.3, 0.4) is 0 Å². The van der Waals surface area contributed by atoms with Crippen LogP contribution >= 0.6 is 0 Å². The molecular formula is C25H28F3N3O4. The Morgan fingerprint density at radius 2 is 1.89 bits per heavy atom. The van der Waals surface area contributed by atoms with Gasteiger partial charge in [-0.3, -0.25) is 14.4 Å². The smallest absolute Gasteiger partial charge is 0.416 e. The Hall–Kier alpha value is -3.56. The highest BCUT2D eigenvalue weighted by molar-refractivity contribution is 6.00. The molecule has 1 heterocycles. The van der Waals surface area contributed by atoms with Gasteiger partial charge in [0, 0.05) is 38.3 Å². The number of carbonyl (C=O) groups excluding carboxylic acids is 3. The maximum atomic E-state index is 13.1. The molecule has 0 spiro atoms. The predicted molar refractivity (Wildman–Crippen MR) is 124 cm³/mol. The number of para-hydroxylation sites is 1. The predicted octanol–water partition coefficient (Wildman–Crippen LogP) is 3.79. The molecule has 0 radical (unpaired) electrons. The van der Waals surface area contributed by atoms with Crippen molar-refractivity contribution in [3.63, 3.8) is 0 Å². The molecule has 2 aromatic rings. The molecule has 3 rings (SSSR count). The Morgan fingerprint density at radius 1 is 1.17 bits per heavy atom. The van der Waals surface area contributed by atoms with E-state index in [0.29, 0.717) is 17.7 Å². The maximum absolute atomic E-state index is 13.1. The quantitative estimate of drug-likeness (QED) is 0.610. The van der Waals surface area contributed by atoms with Crippen molar-refractivity contribution in [3.8, 4) is 5.75 Å². The number of nitrogens with zero attached hydrogens (tertiary/aromatic N) is 2. The van der Waals surface area contributed by atoms with Crippen LogP contribution in [0.2, 0.25) is 0 Å². The molecule has 2 unspecified atom stereocenters. The molecule has 2 aromatic carbocycles. The van der Waals surface area contributed by atoms with E-state index in [1.165, 1.54) is 21.9 Å². The zero-order chi connectivity index (χ0) is 25.8. The van der Waals surface area contributed by atoms with E-state index in [1.807, 2.05) is 6.92 Å². The van der Waals surface area contributed by atoms with E-state index in [2.05, 4.69) is 5.32 Å². The molecular weight excluding hydrogens is 463 g/mol. The van der Waals surface area contributed by atoms with E-state index in [9.17, 15) is 27.6 Å². The number of halogens is 3. The van der Waals surface area contributed by atoms with E-state index in [1.54, 1.807) is 38.4 Å². The van der Waals surface area contributed by atoms with Gasteiger partial charge in [0.15, 0.2) is 6.61 Å². The summed E-state index contributed by atoms with van der Waals surface area (Å²) in [6.07, 6.45) is -4.11. The average Bonchev–Trinajstić information content (AvgIpc) is 3.22. The van der Waals surface area contributed by atoms with Crippen LogP contribution in [0, 0.1) is 5.92 Å². The molecule has 1 aliphatic heterocycles. The van der Waals surface area contributed by atoms with Gasteiger partial charge in [0.05, 0.1) is 17.5 Å². The van der Waals surface area contributed by atoms with Gasteiger partial charge in [-0.15, -0.1) is 0 Å². The summed E-state index contributed by atoms with van der Waals surface area (Å²) >= 11 is 0. The normalized spacial score (nSPS) is 16.7. The molecule has 35 heavy (non-hydrogen) atoms. The second-order valence-corrected chi connectivity index (χ2v) is 8.54. The lowest BCUT2D eigenvalue weighted by molar-refractivity contribution is -0.137. The van der Waals surface area contributed by atoms with Crippen LogP contribution in [-0.2, 0) is 20.6 Å². The van der Waals surface area contributed by atoms with E-state index in [0.717, 1.165) is 12.1 Å². The van der Waals surface area contributed by atoms with Crippen LogP contribution in [0.5, 0.6) is 5.75 Å². The minimum absolute atomic E-state index is 0.0160. The number of likely N-dealkylation sites (N-methyl/N-ethyl adjacent to an activating group) is 1. The third-order valence-corrected chi connectivity index (χ3v) is 5.85. The van der Waals surface area contributed by atoms with Crippen LogP contribution in [-0.4, -0.2) is 49.9 Å². The number of benzene rings is 2. The second kappa shape index (κ2) is 10.8. The van der Waals surface area contributed by atoms with Crippen molar-refractivity contribution < 1.29 is 32.3 Å². The molecule has 3 amide bonds. The van der Waals surface area contributed by atoms with Gasteiger partial charge in [0.25, 0.3) is 5.91 Å². The fourth-order valence-electron chi connectivity index (χ4n) is 3.84. The van der Waals surface area contributed by atoms with Crippen molar-refractivity contribution in [2.75, 3.05) is 32.1 Å². The molecule has 0 bridgehead atoms. The molecule has 1 saturated heterocycles. The van der Waals surface area contributed by atoms with E-state index < -0.39 is 29.6 Å². The number of ether oxygens (including phenoxy) is 1. The first kappa shape index (κ1) is 26.1. The number of hydrogen-bond donors (Lipinski definition) is 1. The van der Waals surface area contributed by atoms with Crippen LogP contribution in [0.4, 0.5) is 18.9 Å². The third-order valence-electron chi connectivity index (χ3n) is 5.85. The second-order valence-electron chi connectivity index (χ2n) is 8.54. The van der Waals surface area contributed by atoms with Gasteiger partial charge >= 0.3 is 6.18 Å². The summed E-state index contributed by atoms with van der Waals surface area (Å²) in [5.74, 6) is -1.25. The molecule has 188 valence electrons. The number of carbonyl (C=O) groups is 3.